The van der Waals surface area contributed by atoms with Gasteiger partial charge in [0.25, 0.3) is 0 Å². The van der Waals surface area contributed by atoms with Crippen molar-refractivity contribution in [3.63, 3.8) is 0 Å². The second-order valence-electron chi connectivity index (χ2n) is 2.97. The summed E-state index contributed by atoms with van der Waals surface area (Å²) in [4.78, 5) is 2.30. The maximum absolute atomic E-state index is 5.56. The molecule has 0 aliphatic carbocycles. The molecule has 0 bridgehead atoms. The second kappa shape index (κ2) is 3.35. The molecule has 1 heterocycles. The lowest BCUT2D eigenvalue weighted by Gasteiger charge is -2.34. The minimum Gasteiger partial charge on any atom is -0.373 e. The molecule has 0 aromatic heterocycles. The van der Waals surface area contributed by atoms with Gasteiger partial charge in [0.1, 0.15) is 0 Å². The highest BCUT2D eigenvalue weighted by Crippen LogP contribution is 2.10. The molecule has 1 aliphatic rings. The first-order chi connectivity index (χ1) is 4.72. The van der Waals surface area contributed by atoms with Crippen molar-refractivity contribution in [1.29, 1.82) is 0 Å². The van der Waals surface area contributed by atoms with Crippen molar-refractivity contribution in [3.8, 4) is 0 Å². The van der Waals surface area contributed by atoms with E-state index in [4.69, 9.17) is 4.74 Å². The van der Waals surface area contributed by atoms with E-state index in [2.05, 4.69) is 32.2 Å². The van der Waals surface area contributed by atoms with Gasteiger partial charge in [0.15, 0.2) is 0 Å². The molecule has 1 rings (SSSR count). The topological polar surface area (TPSA) is 12.5 Å². The average molecular weight is 142 g/mol. The van der Waals surface area contributed by atoms with E-state index in [-0.39, 0.29) is 0 Å². The van der Waals surface area contributed by atoms with Crippen LogP contribution in [0.4, 0.5) is 0 Å². The molecule has 0 spiro atoms. The van der Waals surface area contributed by atoms with Gasteiger partial charge in [-0.3, -0.25) is 4.90 Å². The van der Waals surface area contributed by atoms with Crippen molar-refractivity contribution in [2.45, 2.75) is 33.0 Å². The van der Waals surface area contributed by atoms with E-state index in [1.54, 1.807) is 0 Å². The van der Waals surface area contributed by atoms with Gasteiger partial charge in [0.2, 0.25) is 0 Å². The molecule has 0 amide bonds. The van der Waals surface area contributed by atoms with E-state index in [0.717, 1.165) is 13.1 Å². The summed E-state index contributed by atoms with van der Waals surface area (Å²) in [7, 11) is 0. The van der Waals surface area contributed by atoms with Crippen LogP contribution in [0.2, 0.25) is 0 Å². The minimum absolute atomic E-state index is 0.389. The van der Waals surface area contributed by atoms with Crippen LogP contribution in [-0.2, 0) is 4.74 Å². The Labute approximate surface area is 63.2 Å². The van der Waals surface area contributed by atoms with Crippen LogP contribution in [0.15, 0.2) is 0 Å². The number of ether oxygens (including phenoxy) is 1. The highest BCUT2D eigenvalue weighted by Gasteiger charge is 2.20. The van der Waals surface area contributed by atoms with Crippen LogP contribution < -0.4 is 0 Å². The Bertz CT molecular complexity index is 95.4. The third-order valence-corrected chi connectivity index (χ3v) is 1.81. The summed E-state index contributed by atoms with van der Waals surface area (Å²) in [5.41, 5.74) is 0. The number of nitrogens with zero attached hydrogens (tertiary/aromatic N) is 1. The maximum Gasteiger partial charge on any atom is 0.0678 e. The molecule has 0 aromatic carbocycles. The predicted octanol–water partition coefficient (Wildman–Crippen LogP) is 1.28. The predicted molar refractivity (Wildman–Crippen MR) is 41.6 cm³/mol. The van der Waals surface area contributed by atoms with Gasteiger partial charge in [-0.2, -0.15) is 0 Å². The van der Waals surface area contributed by atoms with Crippen molar-refractivity contribution < 1.29 is 4.74 Å². The number of morpholine rings is 1. The van der Waals surface area contributed by atoms with Gasteiger partial charge in [0, 0.05) is 19.6 Å². The Hall–Kier alpha value is -0.0800. The lowest BCUT2D eigenvalue weighted by atomic mass is 10.2. The van der Waals surface area contributed by atoms with Crippen LogP contribution in [-0.4, -0.2) is 30.2 Å². The Morgan fingerprint density at radius 1 is 1.30 bits per heavy atom. The van der Waals surface area contributed by atoms with Crippen LogP contribution in [0.1, 0.15) is 20.8 Å². The molecular weight excluding hydrogens is 126 g/mol. The monoisotopic (exact) mass is 142 g/mol. The van der Waals surface area contributed by atoms with Crippen molar-refractivity contribution in [2.75, 3.05) is 13.1 Å². The van der Waals surface area contributed by atoms with Crippen LogP contribution in [0.25, 0.3) is 0 Å². The summed E-state index contributed by atoms with van der Waals surface area (Å²) in [6, 6.07) is 0. The lowest BCUT2D eigenvalue weighted by molar-refractivity contribution is -0.0590. The molecule has 1 radical (unpaired) electrons. The highest BCUT2D eigenvalue weighted by atomic mass is 16.5. The zero-order valence-corrected chi connectivity index (χ0v) is 7.00. The standard InChI is InChI=1S/C8H16NO/c1-4-9-5-7(2)10-8(3)6-9/h4,7-8H,5-6H2,1-3H3. The molecule has 59 valence electrons. The Balaban J connectivity index is 2.35. The molecule has 1 aliphatic heterocycles. The smallest absolute Gasteiger partial charge is 0.0678 e. The van der Waals surface area contributed by atoms with Crippen LogP contribution in [0, 0.1) is 6.54 Å². The van der Waals surface area contributed by atoms with Gasteiger partial charge in [-0.1, -0.05) is 0 Å². The van der Waals surface area contributed by atoms with Gasteiger partial charge >= 0.3 is 0 Å². The molecule has 10 heavy (non-hydrogen) atoms. The molecule has 1 saturated heterocycles. The van der Waals surface area contributed by atoms with Crippen molar-refractivity contribution in [2.24, 2.45) is 0 Å². The molecule has 0 N–H and O–H groups in total. The molecular formula is C8H16NO. The molecule has 2 nitrogen and oxygen atoms in total. The molecule has 1 fully saturated rings. The second-order valence-corrected chi connectivity index (χ2v) is 2.97. The van der Waals surface area contributed by atoms with E-state index in [0.29, 0.717) is 12.2 Å². The first-order valence-corrected chi connectivity index (χ1v) is 3.91. The summed E-state index contributed by atoms with van der Waals surface area (Å²) >= 11 is 0. The molecule has 0 aromatic rings. The molecule has 0 saturated carbocycles. The van der Waals surface area contributed by atoms with Crippen molar-refractivity contribution in [3.05, 3.63) is 6.54 Å². The summed E-state index contributed by atoms with van der Waals surface area (Å²) in [5.74, 6) is 0. The van der Waals surface area contributed by atoms with E-state index < -0.39 is 0 Å². The highest BCUT2D eigenvalue weighted by molar-refractivity contribution is 4.75. The van der Waals surface area contributed by atoms with Crippen LogP contribution in [0.5, 0.6) is 0 Å². The van der Waals surface area contributed by atoms with E-state index in [1.165, 1.54) is 0 Å². The van der Waals surface area contributed by atoms with Gasteiger partial charge in [-0.25, -0.2) is 0 Å². The zero-order chi connectivity index (χ0) is 7.56. The fourth-order valence-corrected chi connectivity index (χ4v) is 1.43. The van der Waals surface area contributed by atoms with Crippen molar-refractivity contribution in [1.82, 2.24) is 4.90 Å². The van der Waals surface area contributed by atoms with E-state index >= 15 is 0 Å². The maximum atomic E-state index is 5.56. The van der Waals surface area contributed by atoms with Gasteiger partial charge < -0.3 is 4.74 Å². The Morgan fingerprint density at radius 3 is 2.20 bits per heavy atom. The summed E-state index contributed by atoms with van der Waals surface area (Å²) < 4.78 is 5.56. The average Bonchev–Trinajstić information content (AvgIpc) is 1.85. The Kier molecular flexibility index (Phi) is 2.69. The zero-order valence-electron chi connectivity index (χ0n) is 7.00. The third kappa shape index (κ3) is 1.96. The minimum atomic E-state index is 0.389. The van der Waals surface area contributed by atoms with Crippen molar-refractivity contribution >= 4 is 0 Å². The third-order valence-electron chi connectivity index (χ3n) is 1.81. The fourth-order valence-electron chi connectivity index (χ4n) is 1.43. The normalized spacial score (nSPS) is 36.3. The molecule has 2 heteroatoms. The first kappa shape index (κ1) is 8.02. The van der Waals surface area contributed by atoms with Crippen LogP contribution >= 0.6 is 0 Å². The number of rotatable bonds is 1. The number of hydrogen-bond acceptors (Lipinski definition) is 2. The molecule has 2 atom stereocenters. The SMILES string of the molecule is C[CH]N1CC(C)OC(C)C1. The van der Waals surface area contributed by atoms with Gasteiger partial charge in [-0.05, 0) is 20.8 Å². The van der Waals surface area contributed by atoms with Gasteiger partial charge in [0.05, 0.1) is 12.2 Å². The van der Waals surface area contributed by atoms with Gasteiger partial charge in [-0.15, -0.1) is 0 Å². The molecule has 2 unspecified atom stereocenters. The quantitative estimate of drug-likeness (QED) is 0.547. The Morgan fingerprint density at radius 2 is 1.80 bits per heavy atom. The fraction of sp³-hybridized carbons (Fsp3) is 0.875. The lowest BCUT2D eigenvalue weighted by Crippen LogP contribution is -2.43. The summed E-state index contributed by atoms with van der Waals surface area (Å²) in [6.45, 7) is 10.5. The van der Waals surface area contributed by atoms with E-state index in [1.807, 2.05) is 0 Å². The summed E-state index contributed by atoms with van der Waals surface area (Å²) in [6.07, 6.45) is 0.778. The summed E-state index contributed by atoms with van der Waals surface area (Å²) in [5, 5.41) is 0. The first-order valence-electron chi connectivity index (χ1n) is 3.91. The largest absolute Gasteiger partial charge is 0.373 e. The van der Waals surface area contributed by atoms with E-state index in [9.17, 15) is 0 Å². The van der Waals surface area contributed by atoms with Crippen LogP contribution in [0.3, 0.4) is 0 Å². The number of hydrogen-bond donors (Lipinski definition) is 0.